The molecule has 0 spiro atoms. The van der Waals surface area contributed by atoms with Crippen molar-refractivity contribution in [3.05, 3.63) is 35.5 Å². The van der Waals surface area contributed by atoms with Crippen LogP contribution in [0, 0.1) is 6.92 Å². The lowest BCUT2D eigenvalue weighted by atomic mass is 10.1. The molecule has 1 aliphatic rings. The molecule has 88 valence electrons. The molecule has 3 rings (SSSR count). The Morgan fingerprint density at radius 3 is 3.00 bits per heavy atom. The van der Waals surface area contributed by atoms with Crippen molar-refractivity contribution in [3.8, 4) is 5.75 Å². The molecule has 5 nitrogen and oxygen atoms in total. The van der Waals surface area contributed by atoms with E-state index in [9.17, 15) is 0 Å². The third kappa shape index (κ3) is 1.73. The van der Waals surface area contributed by atoms with E-state index < -0.39 is 0 Å². The summed E-state index contributed by atoms with van der Waals surface area (Å²) in [7, 11) is 0. The highest BCUT2D eigenvalue weighted by Gasteiger charge is 2.23. The molecule has 0 saturated heterocycles. The van der Waals surface area contributed by atoms with Gasteiger partial charge in [-0.2, -0.15) is 0 Å². The second kappa shape index (κ2) is 3.76. The fourth-order valence-corrected chi connectivity index (χ4v) is 2.10. The molecule has 0 aliphatic carbocycles. The van der Waals surface area contributed by atoms with Gasteiger partial charge in [-0.25, -0.2) is 4.68 Å². The van der Waals surface area contributed by atoms with E-state index in [0.717, 1.165) is 17.9 Å². The smallest absolute Gasteiger partial charge is 0.168 e. The van der Waals surface area contributed by atoms with Crippen LogP contribution in [0.2, 0.25) is 0 Å². The Kier molecular flexibility index (Phi) is 2.24. The summed E-state index contributed by atoms with van der Waals surface area (Å²) in [4.78, 5) is 0. The average molecular weight is 230 g/mol. The Bertz CT molecular complexity index is 524. The molecule has 0 radical (unpaired) electrons. The third-order valence-electron chi connectivity index (χ3n) is 3.11. The number of fused-ring (bicyclic) bond motifs is 1. The van der Waals surface area contributed by atoms with Crippen molar-refractivity contribution in [3.63, 3.8) is 0 Å². The summed E-state index contributed by atoms with van der Waals surface area (Å²) in [5.74, 6) is 1.46. The van der Waals surface area contributed by atoms with Crippen molar-refractivity contribution in [2.24, 2.45) is 0 Å². The molecule has 1 aliphatic heterocycles. The Labute approximate surface area is 99.2 Å². The van der Waals surface area contributed by atoms with Crippen molar-refractivity contribution in [1.82, 2.24) is 15.0 Å². The standard InChI is InChI=1S/C12H14N4O/c1-8-12(13)14-15-16(8)7-10-6-9-4-2-3-5-11(9)17-10/h2-5,10H,6-7,13H2,1H3. The first kappa shape index (κ1) is 10.1. The summed E-state index contributed by atoms with van der Waals surface area (Å²) >= 11 is 0. The van der Waals surface area contributed by atoms with Crippen LogP contribution in [0.5, 0.6) is 5.75 Å². The van der Waals surface area contributed by atoms with Gasteiger partial charge in [0, 0.05) is 6.42 Å². The zero-order valence-corrected chi connectivity index (χ0v) is 9.63. The molecule has 0 bridgehead atoms. The van der Waals surface area contributed by atoms with Gasteiger partial charge in [-0.3, -0.25) is 0 Å². The lowest BCUT2D eigenvalue weighted by molar-refractivity contribution is 0.201. The first-order valence-electron chi connectivity index (χ1n) is 5.64. The van der Waals surface area contributed by atoms with E-state index in [0.29, 0.717) is 12.4 Å². The maximum absolute atomic E-state index is 5.85. The van der Waals surface area contributed by atoms with Crippen LogP contribution in [0.15, 0.2) is 24.3 Å². The number of ether oxygens (including phenoxy) is 1. The van der Waals surface area contributed by atoms with Gasteiger partial charge in [0.1, 0.15) is 11.9 Å². The van der Waals surface area contributed by atoms with E-state index in [-0.39, 0.29) is 6.10 Å². The molecule has 1 atom stereocenters. The number of benzene rings is 1. The molecular weight excluding hydrogens is 216 g/mol. The van der Waals surface area contributed by atoms with Gasteiger partial charge in [-0.05, 0) is 18.6 Å². The molecule has 1 aromatic heterocycles. The molecule has 0 saturated carbocycles. The van der Waals surface area contributed by atoms with E-state index in [4.69, 9.17) is 10.5 Å². The number of hydrogen-bond acceptors (Lipinski definition) is 4. The second-order valence-electron chi connectivity index (χ2n) is 4.29. The van der Waals surface area contributed by atoms with Crippen LogP contribution in [0.3, 0.4) is 0 Å². The van der Waals surface area contributed by atoms with E-state index in [1.165, 1.54) is 5.56 Å². The van der Waals surface area contributed by atoms with Crippen LogP contribution in [-0.2, 0) is 13.0 Å². The Morgan fingerprint density at radius 1 is 1.47 bits per heavy atom. The van der Waals surface area contributed by atoms with Gasteiger partial charge in [0.05, 0.1) is 12.2 Å². The van der Waals surface area contributed by atoms with Gasteiger partial charge < -0.3 is 10.5 Å². The van der Waals surface area contributed by atoms with Crippen molar-refractivity contribution in [2.45, 2.75) is 26.0 Å². The topological polar surface area (TPSA) is 66.0 Å². The molecule has 17 heavy (non-hydrogen) atoms. The SMILES string of the molecule is Cc1c(N)nnn1CC1Cc2ccccc2O1. The summed E-state index contributed by atoms with van der Waals surface area (Å²) in [6, 6.07) is 8.11. The molecule has 0 fully saturated rings. The van der Waals surface area contributed by atoms with Gasteiger partial charge in [0.2, 0.25) is 0 Å². The minimum absolute atomic E-state index is 0.118. The number of aromatic nitrogens is 3. The minimum Gasteiger partial charge on any atom is -0.488 e. The third-order valence-corrected chi connectivity index (χ3v) is 3.11. The maximum atomic E-state index is 5.85. The fraction of sp³-hybridized carbons (Fsp3) is 0.333. The lowest BCUT2D eigenvalue weighted by Gasteiger charge is -2.11. The summed E-state index contributed by atoms with van der Waals surface area (Å²) < 4.78 is 7.64. The number of para-hydroxylation sites is 1. The normalized spacial score (nSPS) is 17.8. The molecule has 1 aromatic carbocycles. The summed E-state index contributed by atoms with van der Waals surface area (Å²) in [6.07, 6.45) is 1.03. The fourth-order valence-electron chi connectivity index (χ4n) is 2.10. The van der Waals surface area contributed by atoms with Crippen LogP contribution in [0.25, 0.3) is 0 Å². The predicted octanol–water partition coefficient (Wildman–Crippen LogP) is 1.17. The largest absolute Gasteiger partial charge is 0.488 e. The number of nitrogens with zero attached hydrogens (tertiary/aromatic N) is 3. The highest BCUT2D eigenvalue weighted by Crippen LogP contribution is 2.28. The van der Waals surface area contributed by atoms with E-state index in [1.54, 1.807) is 4.68 Å². The molecule has 2 aromatic rings. The number of nitrogen functional groups attached to an aromatic ring is 1. The van der Waals surface area contributed by atoms with Gasteiger partial charge >= 0.3 is 0 Å². The van der Waals surface area contributed by atoms with Crippen LogP contribution in [0.4, 0.5) is 5.82 Å². The zero-order chi connectivity index (χ0) is 11.8. The number of rotatable bonds is 2. The molecule has 0 amide bonds. The van der Waals surface area contributed by atoms with E-state index in [2.05, 4.69) is 16.4 Å². The van der Waals surface area contributed by atoms with Gasteiger partial charge in [-0.1, -0.05) is 23.4 Å². The quantitative estimate of drug-likeness (QED) is 0.841. The lowest BCUT2D eigenvalue weighted by Crippen LogP contribution is -2.22. The highest BCUT2D eigenvalue weighted by molar-refractivity contribution is 5.37. The van der Waals surface area contributed by atoms with Crippen molar-refractivity contribution in [2.75, 3.05) is 5.73 Å². The molecule has 5 heteroatoms. The summed E-state index contributed by atoms with van der Waals surface area (Å²) in [5, 5.41) is 7.85. The van der Waals surface area contributed by atoms with E-state index in [1.807, 2.05) is 25.1 Å². The monoisotopic (exact) mass is 230 g/mol. The first-order chi connectivity index (χ1) is 8.24. The molecule has 2 heterocycles. The minimum atomic E-state index is 0.118. The van der Waals surface area contributed by atoms with Crippen LogP contribution < -0.4 is 10.5 Å². The van der Waals surface area contributed by atoms with Crippen LogP contribution >= 0.6 is 0 Å². The summed E-state index contributed by atoms with van der Waals surface area (Å²) in [6.45, 7) is 2.60. The number of hydrogen-bond donors (Lipinski definition) is 1. The molecular formula is C12H14N4O. The molecule has 1 unspecified atom stereocenters. The first-order valence-corrected chi connectivity index (χ1v) is 5.64. The van der Waals surface area contributed by atoms with Gasteiger partial charge in [-0.15, -0.1) is 5.10 Å². The Hall–Kier alpha value is -2.04. The van der Waals surface area contributed by atoms with Gasteiger partial charge in [0.25, 0.3) is 0 Å². The summed E-state index contributed by atoms with van der Waals surface area (Å²) in [5.41, 5.74) is 7.81. The highest BCUT2D eigenvalue weighted by atomic mass is 16.5. The number of anilines is 1. The maximum Gasteiger partial charge on any atom is 0.168 e. The van der Waals surface area contributed by atoms with Gasteiger partial charge in [0.15, 0.2) is 5.82 Å². The second-order valence-corrected chi connectivity index (χ2v) is 4.29. The number of nitrogens with two attached hydrogens (primary N) is 1. The van der Waals surface area contributed by atoms with Crippen molar-refractivity contribution < 1.29 is 4.74 Å². The van der Waals surface area contributed by atoms with E-state index >= 15 is 0 Å². The van der Waals surface area contributed by atoms with Crippen molar-refractivity contribution in [1.29, 1.82) is 0 Å². The Morgan fingerprint density at radius 2 is 2.29 bits per heavy atom. The predicted molar refractivity (Wildman–Crippen MR) is 63.7 cm³/mol. The van der Waals surface area contributed by atoms with Crippen molar-refractivity contribution >= 4 is 5.82 Å². The van der Waals surface area contributed by atoms with Crippen LogP contribution in [0.1, 0.15) is 11.3 Å². The average Bonchev–Trinajstić information content (AvgIpc) is 2.87. The zero-order valence-electron chi connectivity index (χ0n) is 9.63. The Balaban J connectivity index is 1.76. The van der Waals surface area contributed by atoms with Crippen LogP contribution in [-0.4, -0.2) is 21.1 Å². The molecule has 2 N–H and O–H groups in total.